The third kappa shape index (κ3) is 5.44. The summed E-state index contributed by atoms with van der Waals surface area (Å²) in [6.07, 6.45) is -3.39. The van der Waals surface area contributed by atoms with Crippen LogP contribution in [0.25, 0.3) is 0 Å². The van der Waals surface area contributed by atoms with Gasteiger partial charge in [0.25, 0.3) is 0 Å². The highest BCUT2D eigenvalue weighted by Gasteiger charge is 2.79. The first-order valence-corrected chi connectivity index (χ1v) is 20.9. The van der Waals surface area contributed by atoms with E-state index in [9.17, 15) is 40.9 Å². The van der Waals surface area contributed by atoms with Crippen LogP contribution in [0.5, 0.6) is 0 Å². The van der Waals surface area contributed by atoms with Gasteiger partial charge in [-0.25, -0.2) is 0 Å². The van der Waals surface area contributed by atoms with Gasteiger partial charge in [-0.15, -0.1) is 0 Å². The largest absolute Gasteiger partial charge is 0.396 e. The summed E-state index contributed by atoms with van der Waals surface area (Å²) in [4.78, 5) is 0. The highest BCUT2D eigenvalue weighted by atomic mass is 16.7. The smallest absolute Gasteiger partial charge is 0.187 e. The number of aliphatic hydroxyl groups excluding tert-OH is 8. The van der Waals surface area contributed by atoms with Crippen LogP contribution < -0.4 is 0 Å². The Morgan fingerprint density at radius 3 is 2.13 bits per heavy atom. The number of allylic oxidation sites excluding steroid dienone is 1. The number of ether oxygens (including phenoxy) is 5. The molecule has 314 valence electrons. The van der Waals surface area contributed by atoms with Crippen LogP contribution in [0.4, 0.5) is 0 Å². The van der Waals surface area contributed by atoms with Gasteiger partial charge < -0.3 is 64.5 Å². The Labute approximate surface area is 325 Å². The second-order valence-electron chi connectivity index (χ2n) is 21.0. The molecule has 3 heterocycles. The Hall–Kier alpha value is -0.780. The fraction of sp³-hybridized carbons (Fsp3) is 0.952. The predicted octanol–water partition coefficient (Wildman–Crippen LogP) is 1.78. The highest BCUT2D eigenvalue weighted by molar-refractivity contribution is 5.36. The lowest BCUT2D eigenvalue weighted by Crippen LogP contribution is -2.72. The molecule has 3 unspecified atom stereocenters. The van der Waals surface area contributed by atoms with E-state index in [4.69, 9.17) is 23.7 Å². The maximum absolute atomic E-state index is 12.1. The number of hydrogen-bond donors (Lipinski definition) is 8. The van der Waals surface area contributed by atoms with Crippen LogP contribution in [0.2, 0.25) is 0 Å². The monoisotopic (exact) mass is 780 g/mol. The van der Waals surface area contributed by atoms with Crippen LogP contribution in [-0.4, -0.2) is 140 Å². The van der Waals surface area contributed by atoms with E-state index in [0.717, 1.165) is 38.5 Å². The first-order chi connectivity index (χ1) is 25.7. The summed E-state index contributed by atoms with van der Waals surface area (Å²) >= 11 is 0. The van der Waals surface area contributed by atoms with Crippen molar-refractivity contribution in [3.63, 3.8) is 0 Å². The quantitative estimate of drug-likeness (QED) is 0.143. The standard InChI is InChI=1S/C42H68O13/c1-21-28(46)33(55-34-31(49)30(48)29(47)22(18-43)53-34)32(50)35(52-21)54-27-10-11-37(4)23(38(27,5)19-44)8-12-39(6)24(37)9-13-42-25-16-36(2,3)14-15-41(25,20-51-42)26(45)17-40(39,42)7/h9,13,21-35,43-50H,8,10-12,14-20H2,1-7H3/t21-,22-,23?,24?,25?,26-,27+,28+,29-,30+,31-,32-,33+,34+,35+,37+,38+,39-,40+,41-,42+/m1/s1. The molecule has 8 N–H and O–H groups in total. The maximum atomic E-state index is 12.1. The van der Waals surface area contributed by atoms with Crippen molar-refractivity contribution >= 4 is 0 Å². The van der Waals surface area contributed by atoms with Crippen LogP contribution >= 0.6 is 0 Å². The van der Waals surface area contributed by atoms with Crippen LogP contribution in [0.3, 0.4) is 0 Å². The van der Waals surface area contributed by atoms with Crippen molar-refractivity contribution in [3.05, 3.63) is 12.2 Å². The molecule has 13 heteroatoms. The molecular weight excluding hydrogens is 712 g/mol. The van der Waals surface area contributed by atoms with Crippen molar-refractivity contribution in [1.29, 1.82) is 0 Å². The number of rotatable bonds is 6. The van der Waals surface area contributed by atoms with Gasteiger partial charge in [0, 0.05) is 22.2 Å². The molecule has 1 spiro atoms. The molecule has 0 aromatic carbocycles. The normalized spacial score (nSPS) is 59.7. The molecule has 0 radical (unpaired) electrons. The zero-order chi connectivity index (χ0) is 39.9. The van der Waals surface area contributed by atoms with E-state index in [0.29, 0.717) is 19.4 Å². The SMILES string of the molecule is C[C@H]1O[C@@H](O[C@H]2CC[C@@]3(C)C(CC[C@]4(C)C3C=C[C@]35OC[C@@]6(CCC(C)(C)CC63)[C@H](O)C[C@]54C)[C@]2(C)CO)[C@H](O)[C@@H](O[C@@H]2O[C@H](CO)[C@@H](O)[C@H](O)[C@H]2O)[C@H]1O. The summed E-state index contributed by atoms with van der Waals surface area (Å²) in [7, 11) is 0. The first kappa shape index (κ1) is 41.0. The first-order valence-electron chi connectivity index (χ1n) is 20.9. The maximum Gasteiger partial charge on any atom is 0.187 e. The lowest BCUT2D eigenvalue weighted by molar-refractivity contribution is -0.367. The molecule has 8 rings (SSSR count). The van der Waals surface area contributed by atoms with Crippen molar-refractivity contribution in [2.45, 2.75) is 179 Å². The van der Waals surface area contributed by atoms with E-state index in [-0.39, 0.29) is 51.4 Å². The summed E-state index contributed by atoms with van der Waals surface area (Å²) in [6.45, 7) is 15.4. The lowest BCUT2D eigenvalue weighted by Gasteiger charge is -2.73. The highest BCUT2D eigenvalue weighted by Crippen LogP contribution is 2.79. The molecule has 4 saturated carbocycles. The zero-order valence-corrected chi connectivity index (χ0v) is 33.7. The van der Waals surface area contributed by atoms with Crippen molar-refractivity contribution in [2.75, 3.05) is 19.8 Å². The van der Waals surface area contributed by atoms with E-state index >= 15 is 0 Å². The summed E-state index contributed by atoms with van der Waals surface area (Å²) in [6, 6.07) is 0. The van der Waals surface area contributed by atoms with Gasteiger partial charge >= 0.3 is 0 Å². The Morgan fingerprint density at radius 1 is 0.727 bits per heavy atom. The number of aliphatic hydroxyl groups is 8. The van der Waals surface area contributed by atoms with E-state index < -0.39 is 91.2 Å². The van der Waals surface area contributed by atoms with Crippen LogP contribution in [-0.2, 0) is 23.7 Å². The second-order valence-corrected chi connectivity index (χ2v) is 21.0. The Morgan fingerprint density at radius 2 is 1.44 bits per heavy atom. The van der Waals surface area contributed by atoms with Crippen molar-refractivity contribution in [1.82, 2.24) is 0 Å². The summed E-state index contributed by atoms with van der Waals surface area (Å²) < 4.78 is 31.2. The number of hydrogen-bond acceptors (Lipinski definition) is 13. The van der Waals surface area contributed by atoms with Crippen LogP contribution in [0, 0.1) is 50.2 Å². The molecule has 0 aromatic heterocycles. The van der Waals surface area contributed by atoms with E-state index in [1.807, 2.05) is 0 Å². The molecule has 55 heavy (non-hydrogen) atoms. The number of fused-ring (bicyclic) bond motifs is 4. The Bertz CT molecular complexity index is 1490. The molecule has 5 aliphatic carbocycles. The lowest BCUT2D eigenvalue weighted by atomic mass is 9.32. The zero-order valence-electron chi connectivity index (χ0n) is 33.7. The van der Waals surface area contributed by atoms with Crippen LogP contribution in [0.1, 0.15) is 99.8 Å². The molecule has 3 saturated heterocycles. The molecule has 2 bridgehead atoms. The van der Waals surface area contributed by atoms with Crippen molar-refractivity contribution in [3.8, 4) is 0 Å². The van der Waals surface area contributed by atoms with Gasteiger partial charge in [0.1, 0.15) is 42.7 Å². The second kappa shape index (κ2) is 13.4. The van der Waals surface area contributed by atoms with Gasteiger partial charge in [0.2, 0.25) is 0 Å². The average Bonchev–Trinajstić information content (AvgIpc) is 3.41. The predicted molar refractivity (Wildman–Crippen MR) is 197 cm³/mol. The van der Waals surface area contributed by atoms with Gasteiger partial charge in [0.15, 0.2) is 12.6 Å². The molecule has 0 aromatic rings. The van der Waals surface area contributed by atoms with E-state index in [2.05, 4.69) is 53.7 Å². The minimum Gasteiger partial charge on any atom is -0.396 e. The van der Waals surface area contributed by atoms with Gasteiger partial charge in [-0.1, -0.05) is 53.7 Å². The Kier molecular flexibility index (Phi) is 9.95. The molecule has 3 aliphatic heterocycles. The molecule has 13 nitrogen and oxygen atoms in total. The minimum absolute atomic E-state index is 0.0414. The molecule has 0 amide bonds. The minimum atomic E-state index is -1.72. The molecule has 8 aliphatic rings. The molecule has 7 fully saturated rings. The third-order valence-corrected chi connectivity index (χ3v) is 17.9. The summed E-state index contributed by atoms with van der Waals surface area (Å²) in [5.74, 6) is 0.449. The summed E-state index contributed by atoms with van der Waals surface area (Å²) in [5, 5.41) is 87.0. The Balaban J connectivity index is 1.05. The van der Waals surface area contributed by atoms with Crippen molar-refractivity contribution in [2.24, 2.45) is 50.2 Å². The fourth-order valence-electron chi connectivity index (χ4n) is 14.3. The summed E-state index contributed by atoms with van der Waals surface area (Å²) in [5.41, 5.74) is -1.90. The fourth-order valence-corrected chi connectivity index (χ4v) is 14.3. The van der Waals surface area contributed by atoms with Gasteiger partial charge in [-0.3, -0.25) is 0 Å². The molecular formula is C42H68O13. The van der Waals surface area contributed by atoms with Gasteiger partial charge in [-0.05, 0) is 86.4 Å². The topological polar surface area (TPSA) is 208 Å². The van der Waals surface area contributed by atoms with Gasteiger partial charge in [0.05, 0.1) is 43.7 Å². The third-order valence-electron chi connectivity index (χ3n) is 17.9. The van der Waals surface area contributed by atoms with Gasteiger partial charge in [-0.2, -0.15) is 0 Å². The average molecular weight is 781 g/mol. The van der Waals surface area contributed by atoms with E-state index in [1.54, 1.807) is 6.92 Å². The van der Waals surface area contributed by atoms with Crippen LogP contribution in [0.15, 0.2) is 12.2 Å². The van der Waals surface area contributed by atoms with E-state index in [1.165, 1.54) is 0 Å². The van der Waals surface area contributed by atoms with Crippen molar-refractivity contribution < 1.29 is 64.5 Å². The molecule has 21 atom stereocenters.